The summed E-state index contributed by atoms with van der Waals surface area (Å²) in [5.41, 5.74) is 1.02. The highest BCUT2D eigenvalue weighted by Crippen LogP contribution is 2.15. The maximum Gasteiger partial charge on any atom is 0.191 e. The molecule has 5 heteroatoms. The van der Waals surface area contributed by atoms with Crippen molar-refractivity contribution in [1.29, 1.82) is 0 Å². The van der Waals surface area contributed by atoms with Crippen molar-refractivity contribution in [2.75, 3.05) is 19.7 Å². The first-order valence-corrected chi connectivity index (χ1v) is 8.45. The highest BCUT2D eigenvalue weighted by atomic mass is 35.5. The lowest BCUT2D eigenvalue weighted by atomic mass is 10.0. The Morgan fingerprint density at radius 1 is 1.23 bits per heavy atom. The van der Waals surface area contributed by atoms with Gasteiger partial charge in [-0.05, 0) is 37.3 Å². The second kappa shape index (κ2) is 11.3. The fraction of sp³-hybridized carbons (Fsp3) is 0.588. The lowest BCUT2D eigenvalue weighted by Gasteiger charge is -2.18. The zero-order valence-electron chi connectivity index (χ0n) is 13.6. The van der Waals surface area contributed by atoms with Gasteiger partial charge < -0.3 is 15.7 Å². The quantitative estimate of drug-likeness (QED) is 0.483. The maximum absolute atomic E-state index is 9.13. The Morgan fingerprint density at radius 3 is 2.64 bits per heavy atom. The van der Waals surface area contributed by atoms with Crippen molar-refractivity contribution in [3.05, 3.63) is 34.9 Å². The lowest BCUT2D eigenvalue weighted by molar-refractivity contribution is 0.251. The Morgan fingerprint density at radius 2 is 2.00 bits per heavy atom. The minimum absolute atomic E-state index is 0.236. The molecule has 0 heterocycles. The third-order valence-corrected chi connectivity index (χ3v) is 3.87. The molecule has 0 spiro atoms. The fourth-order valence-electron chi connectivity index (χ4n) is 2.31. The van der Waals surface area contributed by atoms with Crippen LogP contribution in [0.1, 0.15) is 38.7 Å². The van der Waals surface area contributed by atoms with E-state index in [4.69, 9.17) is 16.7 Å². The van der Waals surface area contributed by atoms with Crippen molar-refractivity contribution >= 4 is 17.6 Å². The molecule has 4 nitrogen and oxygen atoms in total. The summed E-state index contributed by atoms with van der Waals surface area (Å²) in [5.74, 6) is 1.26. The van der Waals surface area contributed by atoms with Crippen LogP contribution in [0.15, 0.2) is 29.3 Å². The number of guanidine groups is 1. The van der Waals surface area contributed by atoms with Crippen molar-refractivity contribution in [2.24, 2.45) is 10.9 Å². The van der Waals surface area contributed by atoms with Crippen LogP contribution in [-0.4, -0.2) is 30.8 Å². The van der Waals surface area contributed by atoms with Gasteiger partial charge in [-0.2, -0.15) is 0 Å². The first-order chi connectivity index (χ1) is 10.7. The van der Waals surface area contributed by atoms with E-state index in [-0.39, 0.29) is 6.61 Å². The van der Waals surface area contributed by atoms with Gasteiger partial charge in [-0.1, -0.05) is 43.1 Å². The minimum Gasteiger partial charge on any atom is -0.396 e. The van der Waals surface area contributed by atoms with Crippen molar-refractivity contribution in [1.82, 2.24) is 10.6 Å². The summed E-state index contributed by atoms with van der Waals surface area (Å²) < 4.78 is 0. The van der Waals surface area contributed by atoms with Crippen LogP contribution < -0.4 is 10.6 Å². The van der Waals surface area contributed by atoms with Crippen LogP contribution in [0.3, 0.4) is 0 Å². The number of aliphatic hydroxyl groups is 1. The normalized spacial score (nSPS) is 13.0. The molecule has 22 heavy (non-hydrogen) atoms. The van der Waals surface area contributed by atoms with Crippen LogP contribution in [0, 0.1) is 5.92 Å². The molecule has 3 N–H and O–H groups in total. The molecular weight excluding hydrogens is 298 g/mol. The van der Waals surface area contributed by atoms with E-state index < -0.39 is 0 Å². The molecule has 0 aliphatic carbocycles. The number of nitrogens with one attached hydrogen (secondary N) is 2. The van der Waals surface area contributed by atoms with E-state index in [0.29, 0.717) is 12.5 Å². The predicted octanol–water partition coefficient (Wildman–Crippen LogP) is 3.19. The van der Waals surface area contributed by atoms with E-state index >= 15 is 0 Å². The van der Waals surface area contributed by atoms with E-state index in [9.17, 15) is 0 Å². The largest absolute Gasteiger partial charge is 0.396 e. The molecule has 0 amide bonds. The molecule has 1 aromatic carbocycles. The molecule has 0 saturated heterocycles. The Bertz CT molecular complexity index is 445. The minimum atomic E-state index is 0.236. The monoisotopic (exact) mass is 325 g/mol. The third-order valence-electron chi connectivity index (χ3n) is 3.50. The van der Waals surface area contributed by atoms with Gasteiger partial charge in [-0.15, -0.1) is 0 Å². The number of hydrogen-bond donors (Lipinski definition) is 3. The highest BCUT2D eigenvalue weighted by Gasteiger charge is 2.08. The van der Waals surface area contributed by atoms with Gasteiger partial charge in [0.1, 0.15) is 0 Å². The molecule has 0 aliphatic rings. The molecule has 1 aromatic rings. The zero-order valence-corrected chi connectivity index (χ0v) is 14.4. The van der Waals surface area contributed by atoms with Gasteiger partial charge in [0.25, 0.3) is 0 Å². The summed E-state index contributed by atoms with van der Waals surface area (Å²) in [6, 6.07) is 7.76. The summed E-state index contributed by atoms with van der Waals surface area (Å²) in [4.78, 5) is 4.58. The molecule has 124 valence electrons. The third kappa shape index (κ3) is 7.14. The van der Waals surface area contributed by atoms with E-state index in [1.807, 2.05) is 31.2 Å². The topological polar surface area (TPSA) is 56.6 Å². The zero-order chi connectivity index (χ0) is 16.2. The van der Waals surface area contributed by atoms with E-state index in [2.05, 4.69) is 22.5 Å². The number of rotatable bonds is 9. The van der Waals surface area contributed by atoms with E-state index in [0.717, 1.165) is 48.9 Å². The number of nitrogens with zero attached hydrogens (tertiary/aromatic N) is 1. The van der Waals surface area contributed by atoms with Gasteiger partial charge in [0, 0.05) is 24.7 Å². The first kappa shape index (κ1) is 18.8. The summed E-state index contributed by atoms with van der Waals surface area (Å²) in [7, 11) is 0. The van der Waals surface area contributed by atoms with Crippen molar-refractivity contribution < 1.29 is 5.11 Å². The fourth-order valence-corrected chi connectivity index (χ4v) is 2.51. The maximum atomic E-state index is 9.13. The van der Waals surface area contributed by atoms with E-state index in [1.165, 1.54) is 0 Å². The number of aliphatic hydroxyl groups excluding tert-OH is 1. The average molecular weight is 326 g/mol. The molecule has 0 aliphatic heterocycles. The van der Waals surface area contributed by atoms with Gasteiger partial charge in [-0.25, -0.2) is 4.99 Å². The number of hydrogen-bond acceptors (Lipinski definition) is 2. The molecule has 1 rings (SSSR count). The molecular formula is C17H28ClN3O. The predicted molar refractivity (Wildman–Crippen MR) is 94.4 cm³/mol. The summed E-state index contributed by atoms with van der Waals surface area (Å²) in [6.45, 7) is 6.63. The SMILES string of the molecule is CCCC(CCO)CNC(=NCc1ccccc1Cl)NCC. The smallest absolute Gasteiger partial charge is 0.191 e. The Labute approximate surface area is 139 Å². The summed E-state index contributed by atoms with van der Waals surface area (Å²) >= 11 is 6.16. The Kier molecular flexibility index (Phi) is 9.67. The molecule has 0 saturated carbocycles. The van der Waals surface area contributed by atoms with Crippen molar-refractivity contribution in [3.8, 4) is 0 Å². The van der Waals surface area contributed by atoms with Crippen LogP contribution in [0.25, 0.3) is 0 Å². The van der Waals surface area contributed by atoms with Crippen molar-refractivity contribution in [2.45, 2.75) is 39.7 Å². The molecule has 0 fully saturated rings. The number of halogens is 1. The summed E-state index contributed by atoms with van der Waals surface area (Å²) in [6.07, 6.45) is 3.06. The lowest BCUT2D eigenvalue weighted by Crippen LogP contribution is -2.40. The van der Waals surface area contributed by atoms with Crippen LogP contribution in [0.4, 0.5) is 0 Å². The van der Waals surface area contributed by atoms with Crippen LogP contribution in [0.2, 0.25) is 5.02 Å². The second-order valence-corrected chi connectivity index (χ2v) is 5.74. The molecule has 0 bridgehead atoms. The van der Waals surface area contributed by atoms with Crippen LogP contribution >= 0.6 is 11.6 Å². The standard InChI is InChI=1S/C17H28ClN3O/c1-3-7-14(10-11-22)12-20-17(19-4-2)21-13-15-8-5-6-9-16(15)18/h5-6,8-9,14,22H,3-4,7,10-13H2,1-2H3,(H2,19,20,21). The van der Waals surface area contributed by atoms with Gasteiger partial charge in [-0.3, -0.25) is 0 Å². The average Bonchev–Trinajstić information content (AvgIpc) is 2.51. The van der Waals surface area contributed by atoms with Crippen molar-refractivity contribution in [3.63, 3.8) is 0 Å². The highest BCUT2D eigenvalue weighted by molar-refractivity contribution is 6.31. The van der Waals surface area contributed by atoms with Crippen LogP contribution in [-0.2, 0) is 6.54 Å². The number of benzene rings is 1. The first-order valence-electron chi connectivity index (χ1n) is 8.07. The van der Waals surface area contributed by atoms with E-state index in [1.54, 1.807) is 0 Å². The Balaban J connectivity index is 2.60. The molecule has 0 radical (unpaired) electrons. The number of aliphatic imine (C=N–C) groups is 1. The van der Waals surface area contributed by atoms with Gasteiger partial charge >= 0.3 is 0 Å². The summed E-state index contributed by atoms with van der Waals surface area (Å²) in [5, 5.41) is 16.5. The van der Waals surface area contributed by atoms with Gasteiger partial charge in [0.05, 0.1) is 6.54 Å². The van der Waals surface area contributed by atoms with Crippen LogP contribution in [0.5, 0.6) is 0 Å². The Hall–Kier alpha value is -1.26. The second-order valence-electron chi connectivity index (χ2n) is 5.33. The van der Waals surface area contributed by atoms with Gasteiger partial charge in [0.2, 0.25) is 0 Å². The molecule has 0 aromatic heterocycles. The molecule has 1 unspecified atom stereocenters. The van der Waals surface area contributed by atoms with Gasteiger partial charge in [0.15, 0.2) is 5.96 Å². The molecule has 1 atom stereocenters.